The van der Waals surface area contributed by atoms with Gasteiger partial charge >= 0.3 is 5.97 Å². The Kier molecular flexibility index (Phi) is 6.62. The van der Waals surface area contributed by atoms with E-state index in [1.807, 2.05) is 43.3 Å². The molecule has 7 heteroatoms. The van der Waals surface area contributed by atoms with E-state index in [1.54, 1.807) is 6.07 Å². The van der Waals surface area contributed by atoms with Gasteiger partial charge in [-0.2, -0.15) is 0 Å². The third kappa shape index (κ3) is 4.74. The number of hydrogen-bond acceptors (Lipinski definition) is 4. The van der Waals surface area contributed by atoms with Crippen molar-refractivity contribution in [2.45, 2.75) is 25.2 Å². The molecule has 0 saturated heterocycles. The molecule has 1 aliphatic carbocycles. The van der Waals surface area contributed by atoms with Crippen LogP contribution in [-0.4, -0.2) is 33.9 Å². The maximum atomic E-state index is 14.3. The normalized spacial score (nSPS) is 15.7. The first-order valence-corrected chi connectivity index (χ1v) is 10.9. The van der Waals surface area contributed by atoms with E-state index in [0.717, 1.165) is 33.4 Å². The molecule has 1 aliphatic rings. The lowest BCUT2D eigenvalue weighted by Gasteiger charge is -2.07. The number of carbonyl (C=O) groups is 1. The minimum atomic E-state index is -1.39. The summed E-state index contributed by atoms with van der Waals surface area (Å²) in [6.45, 7) is 3.47. The molecule has 30 heavy (non-hydrogen) atoms. The number of allylic oxidation sites excluding steroid dienone is 2. The number of rotatable bonds is 7. The number of carboxylic acid groups (broad SMARTS) is 1. The van der Waals surface area contributed by atoms with Crippen LogP contribution in [-0.2, 0) is 20.4 Å². The molecule has 1 unspecified atom stereocenters. The van der Waals surface area contributed by atoms with Crippen molar-refractivity contribution in [3.8, 4) is 0 Å². The molecule has 156 valence electrons. The Morgan fingerprint density at radius 1 is 1.27 bits per heavy atom. The van der Waals surface area contributed by atoms with Gasteiger partial charge in [0.25, 0.3) is 0 Å². The topological polar surface area (TPSA) is 76.0 Å². The second-order valence-electron chi connectivity index (χ2n) is 6.97. The fraction of sp³-hybridized carbons (Fsp3) is 0.217. The Balaban J connectivity index is 1.89. The van der Waals surface area contributed by atoms with E-state index in [-0.39, 0.29) is 17.2 Å². The van der Waals surface area contributed by atoms with Crippen molar-refractivity contribution in [2.24, 2.45) is 5.16 Å². The van der Waals surface area contributed by atoms with Crippen LogP contribution >= 0.6 is 0 Å². The number of nitrogens with zero attached hydrogens (tertiary/aromatic N) is 1. The highest BCUT2D eigenvalue weighted by Crippen LogP contribution is 2.38. The van der Waals surface area contributed by atoms with Gasteiger partial charge in [-0.3, -0.25) is 4.21 Å². The minimum absolute atomic E-state index is 0.106. The smallest absolute Gasteiger partial charge is 0.353 e. The first-order valence-electron chi connectivity index (χ1n) is 9.33. The van der Waals surface area contributed by atoms with Crippen LogP contribution in [0.2, 0.25) is 0 Å². The molecule has 3 rings (SSSR count). The molecule has 1 atom stereocenters. The molecular formula is C23H22FNO4S. The number of aryl methyl sites for hydroxylation is 1. The molecule has 0 amide bonds. The Bertz CT molecular complexity index is 1120. The highest BCUT2D eigenvalue weighted by atomic mass is 32.2. The number of halogens is 1. The molecule has 2 aromatic carbocycles. The van der Waals surface area contributed by atoms with Crippen molar-refractivity contribution in [3.63, 3.8) is 0 Å². The number of benzene rings is 2. The second kappa shape index (κ2) is 9.17. The SMILES string of the molecule is CC(=NOCCC1=C/C(=C/c2cc(F)c(S(C)=O)cc2C)c2ccccc21)C(=O)O. The molecular weight excluding hydrogens is 405 g/mol. The van der Waals surface area contributed by atoms with Gasteiger partial charge in [0.1, 0.15) is 12.4 Å². The average molecular weight is 427 g/mol. The van der Waals surface area contributed by atoms with Crippen LogP contribution in [0.25, 0.3) is 17.2 Å². The molecule has 0 bridgehead atoms. The predicted octanol–water partition coefficient (Wildman–Crippen LogP) is 4.68. The maximum Gasteiger partial charge on any atom is 0.353 e. The standard InChI is InChI=1S/C23H22FNO4S/c1-14-10-22(30(3)28)21(24)13-17(14)12-18-11-16(19-6-4-5-7-20(18)19)8-9-29-25-15(2)23(26)27/h4-7,10-13H,8-9H2,1-3H3,(H,26,27)/b18-12-,25-15?. The van der Waals surface area contributed by atoms with Gasteiger partial charge in [-0.05, 0) is 65.5 Å². The molecule has 0 saturated carbocycles. The van der Waals surface area contributed by atoms with Crippen molar-refractivity contribution in [1.82, 2.24) is 0 Å². The van der Waals surface area contributed by atoms with Gasteiger partial charge < -0.3 is 9.94 Å². The Labute approximate surface area is 177 Å². The summed E-state index contributed by atoms with van der Waals surface area (Å²) in [5.41, 5.74) is 5.52. The highest BCUT2D eigenvalue weighted by molar-refractivity contribution is 7.84. The largest absolute Gasteiger partial charge is 0.477 e. The van der Waals surface area contributed by atoms with Crippen LogP contribution < -0.4 is 0 Å². The van der Waals surface area contributed by atoms with E-state index >= 15 is 0 Å². The van der Waals surface area contributed by atoms with Gasteiger partial charge in [-0.15, -0.1) is 0 Å². The number of hydrogen-bond donors (Lipinski definition) is 1. The zero-order valence-electron chi connectivity index (χ0n) is 16.9. The van der Waals surface area contributed by atoms with E-state index in [1.165, 1.54) is 19.2 Å². The van der Waals surface area contributed by atoms with E-state index in [2.05, 4.69) is 5.16 Å². The van der Waals surface area contributed by atoms with E-state index in [9.17, 15) is 13.4 Å². The van der Waals surface area contributed by atoms with Crippen LogP contribution in [0.1, 0.15) is 35.6 Å². The van der Waals surface area contributed by atoms with Crippen molar-refractivity contribution in [3.05, 3.63) is 70.5 Å². The molecule has 0 aliphatic heterocycles. The monoisotopic (exact) mass is 427 g/mol. The van der Waals surface area contributed by atoms with Crippen molar-refractivity contribution < 1.29 is 23.3 Å². The van der Waals surface area contributed by atoms with Crippen LogP contribution in [0.4, 0.5) is 4.39 Å². The third-order valence-electron chi connectivity index (χ3n) is 4.83. The van der Waals surface area contributed by atoms with Crippen LogP contribution in [0.3, 0.4) is 0 Å². The molecule has 2 aromatic rings. The zero-order chi connectivity index (χ0) is 21.8. The van der Waals surface area contributed by atoms with Crippen molar-refractivity contribution in [1.29, 1.82) is 0 Å². The molecule has 0 aromatic heterocycles. The van der Waals surface area contributed by atoms with Crippen molar-refractivity contribution in [2.75, 3.05) is 12.9 Å². The third-order valence-corrected chi connectivity index (χ3v) is 5.76. The summed E-state index contributed by atoms with van der Waals surface area (Å²) < 4.78 is 26.0. The lowest BCUT2D eigenvalue weighted by molar-refractivity contribution is -0.129. The molecule has 5 nitrogen and oxygen atoms in total. The summed E-state index contributed by atoms with van der Waals surface area (Å²) >= 11 is 0. The summed E-state index contributed by atoms with van der Waals surface area (Å²) in [4.78, 5) is 16.1. The number of fused-ring (bicyclic) bond motifs is 1. The second-order valence-corrected chi connectivity index (χ2v) is 8.32. The van der Waals surface area contributed by atoms with E-state index in [0.29, 0.717) is 6.42 Å². The van der Waals surface area contributed by atoms with Gasteiger partial charge in [0.05, 0.1) is 15.7 Å². The summed E-state index contributed by atoms with van der Waals surface area (Å²) in [6.07, 6.45) is 5.94. The van der Waals surface area contributed by atoms with Gasteiger partial charge in [-0.25, -0.2) is 9.18 Å². The Hall–Kier alpha value is -3.06. The van der Waals surface area contributed by atoms with Crippen LogP contribution in [0.5, 0.6) is 0 Å². The van der Waals surface area contributed by atoms with Gasteiger partial charge in [0.2, 0.25) is 0 Å². The van der Waals surface area contributed by atoms with E-state index < -0.39 is 22.6 Å². The fourth-order valence-corrected chi connectivity index (χ4v) is 3.91. The predicted molar refractivity (Wildman–Crippen MR) is 117 cm³/mol. The molecule has 0 fully saturated rings. The number of carboxylic acids is 1. The summed E-state index contributed by atoms with van der Waals surface area (Å²) in [6, 6.07) is 10.9. The molecule has 0 heterocycles. The van der Waals surface area contributed by atoms with E-state index in [4.69, 9.17) is 9.94 Å². The van der Waals surface area contributed by atoms with Crippen molar-refractivity contribution >= 4 is 39.7 Å². The molecule has 1 N–H and O–H groups in total. The lowest BCUT2D eigenvalue weighted by atomic mass is 10.0. The Morgan fingerprint density at radius 3 is 2.63 bits per heavy atom. The first kappa shape index (κ1) is 21.6. The first-order chi connectivity index (χ1) is 14.3. The summed E-state index contributed by atoms with van der Waals surface area (Å²) in [5, 5.41) is 12.4. The highest BCUT2D eigenvalue weighted by Gasteiger charge is 2.18. The average Bonchev–Trinajstić information content (AvgIpc) is 3.05. The number of oxime groups is 1. The van der Waals surface area contributed by atoms with Crippen LogP contribution in [0.15, 0.2) is 52.5 Å². The zero-order valence-corrected chi connectivity index (χ0v) is 17.8. The van der Waals surface area contributed by atoms with Crippen LogP contribution in [0, 0.1) is 12.7 Å². The minimum Gasteiger partial charge on any atom is -0.477 e. The quantitative estimate of drug-likeness (QED) is 0.396. The maximum absolute atomic E-state index is 14.3. The molecule has 0 radical (unpaired) electrons. The summed E-state index contributed by atoms with van der Waals surface area (Å²) in [5.74, 6) is -1.60. The number of aliphatic carboxylic acids is 1. The molecule has 0 spiro atoms. The summed E-state index contributed by atoms with van der Waals surface area (Å²) in [7, 11) is -1.39. The van der Waals surface area contributed by atoms with Gasteiger partial charge in [0.15, 0.2) is 5.71 Å². The van der Waals surface area contributed by atoms with Gasteiger partial charge in [-0.1, -0.05) is 35.5 Å². The Morgan fingerprint density at radius 2 is 1.97 bits per heavy atom. The lowest BCUT2D eigenvalue weighted by Crippen LogP contribution is -2.08. The fourth-order valence-electron chi connectivity index (χ4n) is 3.24. The van der Waals surface area contributed by atoms with Gasteiger partial charge in [0, 0.05) is 12.7 Å².